The molecule has 1 N–H and O–H groups in total. The second-order valence-corrected chi connectivity index (χ2v) is 4.77. The number of hydrogen-bond acceptors (Lipinski definition) is 2. The maximum atomic E-state index is 4.42. The van der Waals surface area contributed by atoms with Gasteiger partial charge in [0.05, 0.1) is 18.1 Å². The van der Waals surface area contributed by atoms with Crippen LogP contribution >= 0.6 is 0 Å². The third-order valence-corrected chi connectivity index (χ3v) is 3.39. The summed E-state index contributed by atoms with van der Waals surface area (Å²) in [6.45, 7) is 2.17. The fourth-order valence-electron chi connectivity index (χ4n) is 2.24. The minimum absolute atomic E-state index is 0.325. The van der Waals surface area contributed by atoms with E-state index in [0.717, 1.165) is 18.5 Å². The summed E-state index contributed by atoms with van der Waals surface area (Å²) in [4.78, 5) is 4.42. The summed E-state index contributed by atoms with van der Waals surface area (Å²) in [6.07, 6.45) is 6.08. The van der Waals surface area contributed by atoms with Crippen molar-refractivity contribution in [2.75, 3.05) is 7.05 Å². The smallest absolute Gasteiger partial charge is 0.0947 e. The van der Waals surface area contributed by atoms with Crippen LogP contribution in [0.25, 0.3) is 0 Å². The van der Waals surface area contributed by atoms with Crippen molar-refractivity contribution < 1.29 is 0 Å². The second kappa shape index (κ2) is 5.83. The maximum Gasteiger partial charge on any atom is 0.0947 e. The zero-order valence-corrected chi connectivity index (χ0v) is 11.4. The van der Waals surface area contributed by atoms with Crippen LogP contribution in [0.15, 0.2) is 36.8 Å². The molecule has 0 fully saturated rings. The van der Waals surface area contributed by atoms with Gasteiger partial charge >= 0.3 is 0 Å². The highest BCUT2D eigenvalue weighted by Crippen LogP contribution is 2.18. The molecule has 18 heavy (non-hydrogen) atoms. The Balaban J connectivity index is 2.02. The van der Waals surface area contributed by atoms with Crippen molar-refractivity contribution in [3.05, 3.63) is 53.6 Å². The van der Waals surface area contributed by atoms with Gasteiger partial charge in [0, 0.05) is 13.2 Å². The molecule has 1 atom stereocenters. The Hall–Kier alpha value is -1.61. The summed E-state index contributed by atoms with van der Waals surface area (Å²) in [6, 6.07) is 8.90. The van der Waals surface area contributed by atoms with Crippen LogP contribution in [0.3, 0.4) is 0 Å². The molecule has 0 radical (unpaired) electrons. The standard InChI is InChI=1S/C15H21N3/c1-12-6-4-5-7-13(12)8-9-14(16-2)15-10-18(3)11-17-15/h4-7,10-11,14,16H,8-9H2,1-3H3. The lowest BCUT2D eigenvalue weighted by atomic mass is 10.00. The van der Waals surface area contributed by atoms with Crippen molar-refractivity contribution in [1.29, 1.82) is 0 Å². The van der Waals surface area contributed by atoms with Gasteiger partial charge in [-0.15, -0.1) is 0 Å². The number of imidazole rings is 1. The molecule has 0 saturated heterocycles. The van der Waals surface area contributed by atoms with Crippen LogP contribution in [-0.4, -0.2) is 16.6 Å². The molecule has 0 aliphatic rings. The third kappa shape index (κ3) is 2.99. The monoisotopic (exact) mass is 243 g/mol. The SMILES string of the molecule is CNC(CCc1ccccc1C)c1cn(C)cn1. The van der Waals surface area contributed by atoms with Crippen molar-refractivity contribution in [2.45, 2.75) is 25.8 Å². The molecule has 2 rings (SSSR count). The maximum absolute atomic E-state index is 4.42. The van der Waals surface area contributed by atoms with E-state index in [1.54, 1.807) is 0 Å². The van der Waals surface area contributed by atoms with E-state index in [-0.39, 0.29) is 0 Å². The lowest BCUT2D eigenvalue weighted by Crippen LogP contribution is -2.17. The minimum Gasteiger partial charge on any atom is -0.340 e. The van der Waals surface area contributed by atoms with E-state index >= 15 is 0 Å². The molecule has 1 heterocycles. The van der Waals surface area contributed by atoms with E-state index in [1.807, 2.05) is 25.0 Å². The van der Waals surface area contributed by atoms with Crippen molar-refractivity contribution in [3.63, 3.8) is 0 Å². The van der Waals surface area contributed by atoms with Gasteiger partial charge in [0.15, 0.2) is 0 Å². The highest BCUT2D eigenvalue weighted by Gasteiger charge is 2.12. The van der Waals surface area contributed by atoms with Gasteiger partial charge in [0.25, 0.3) is 0 Å². The average molecular weight is 243 g/mol. The lowest BCUT2D eigenvalue weighted by molar-refractivity contribution is 0.537. The zero-order valence-electron chi connectivity index (χ0n) is 11.4. The van der Waals surface area contributed by atoms with Gasteiger partial charge < -0.3 is 9.88 Å². The number of aryl methyl sites for hydroxylation is 3. The molecular weight excluding hydrogens is 222 g/mol. The fourth-order valence-corrected chi connectivity index (χ4v) is 2.24. The van der Waals surface area contributed by atoms with Crippen LogP contribution in [0, 0.1) is 6.92 Å². The van der Waals surface area contributed by atoms with Gasteiger partial charge in [-0.1, -0.05) is 24.3 Å². The summed E-state index contributed by atoms with van der Waals surface area (Å²) in [5, 5.41) is 3.35. The van der Waals surface area contributed by atoms with Crippen LogP contribution in [0.2, 0.25) is 0 Å². The molecule has 1 aromatic heterocycles. The highest BCUT2D eigenvalue weighted by atomic mass is 15.0. The number of benzene rings is 1. The molecular formula is C15H21N3. The summed E-state index contributed by atoms with van der Waals surface area (Å²) in [5.41, 5.74) is 3.91. The molecule has 3 heteroatoms. The van der Waals surface area contributed by atoms with Crippen LogP contribution in [-0.2, 0) is 13.5 Å². The topological polar surface area (TPSA) is 29.9 Å². The summed E-state index contributed by atoms with van der Waals surface area (Å²) in [5.74, 6) is 0. The first-order chi connectivity index (χ1) is 8.70. The van der Waals surface area contributed by atoms with Gasteiger partial charge in [0.2, 0.25) is 0 Å². The number of hydrogen-bond donors (Lipinski definition) is 1. The van der Waals surface area contributed by atoms with E-state index in [0.29, 0.717) is 6.04 Å². The molecule has 1 unspecified atom stereocenters. The molecule has 1 aromatic carbocycles. The van der Waals surface area contributed by atoms with Gasteiger partial charge in [0.1, 0.15) is 0 Å². The number of nitrogens with zero attached hydrogens (tertiary/aromatic N) is 2. The van der Waals surface area contributed by atoms with Crippen LogP contribution in [0.5, 0.6) is 0 Å². The Labute approximate surface area is 109 Å². The van der Waals surface area contributed by atoms with Gasteiger partial charge in [-0.2, -0.15) is 0 Å². The molecule has 2 aromatic rings. The fraction of sp³-hybridized carbons (Fsp3) is 0.400. The predicted octanol–water partition coefficient (Wildman–Crippen LogP) is 2.62. The summed E-state index contributed by atoms with van der Waals surface area (Å²) < 4.78 is 1.99. The molecule has 0 amide bonds. The third-order valence-electron chi connectivity index (χ3n) is 3.39. The Kier molecular flexibility index (Phi) is 4.15. The Morgan fingerprint density at radius 2 is 2.11 bits per heavy atom. The first kappa shape index (κ1) is 12.8. The quantitative estimate of drug-likeness (QED) is 0.875. The van der Waals surface area contributed by atoms with Crippen molar-refractivity contribution in [2.24, 2.45) is 7.05 Å². The zero-order chi connectivity index (χ0) is 13.0. The highest BCUT2D eigenvalue weighted by molar-refractivity contribution is 5.25. The lowest BCUT2D eigenvalue weighted by Gasteiger charge is -2.14. The largest absolute Gasteiger partial charge is 0.340 e. The summed E-state index contributed by atoms with van der Waals surface area (Å²) in [7, 11) is 4.00. The summed E-state index contributed by atoms with van der Waals surface area (Å²) >= 11 is 0. The average Bonchev–Trinajstić information content (AvgIpc) is 2.79. The van der Waals surface area contributed by atoms with Gasteiger partial charge in [-0.25, -0.2) is 4.98 Å². The predicted molar refractivity (Wildman–Crippen MR) is 74.5 cm³/mol. The minimum atomic E-state index is 0.325. The van der Waals surface area contributed by atoms with E-state index in [2.05, 4.69) is 47.7 Å². The number of rotatable bonds is 5. The van der Waals surface area contributed by atoms with E-state index < -0.39 is 0 Å². The number of aromatic nitrogens is 2. The van der Waals surface area contributed by atoms with Crippen LogP contribution in [0.1, 0.15) is 29.3 Å². The van der Waals surface area contributed by atoms with Crippen molar-refractivity contribution in [3.8, 4) is 0 Å². The normalized spacial score (nSPS) is 12.6. The van der Waals surface area contributed by atoms with Gasteiger partial charge in [-0.05, 0) is 37.9 Å². The molecule has 0 aliphatic heterocycles. The van der Waals surface area contributed by atoms with Gasteiger partial charge in [-0.3, -0.25) is 0 Å². The Morgan fingerprint density at radius 3 is 2.72 bits per heavy atom. The van der Waals surface area contributed by atoms with Crippen molar-refractivity contribution in [1.82, 2.24) is 14.9 Å². The van der Waals surface area contributed by atoms with Crippen LogP contribution < -0.4 is 5.32 Å². The first-order valence-electron chi connectivity index (χ1n) is 6.40. The Morgan fingerprint density at radius 1 is 1.33 bits per heavy atom. The van der Waals surface area contributed by atoms with E-state index in [4.69, 9.17) is 0 Å². The molecule has 0 spiro atoms. The molecule has 96 valence electrons. The van der Waals surface area contributed by atoms with E-state index in [1.165, 1.54) is 11.1 Å². The number of nitrogens with one attached hydrogen (secondary N) is 1. The molecule has 0 saturated carbocycles. The Bertz CT molecular complexity index is 502. The molecule has 3 nitrogen and oxygen atoms in total. The van der Waals surface area contributed by atoms with Crippen molar-refractivity contribution >= 4 is 0 Å². The second-order valence-electron chi connectivity index (χ2n) is 4.77. The van der Waals surface area contributed by atoms with Crippen LogP contribution in [0.4, 0.5) is 0 Å². The molecule has 0 aliphatic carbocycles. The first-order valence-corrected chi connectivity index (χ1v) is 6.40. The van der Waals surface area contributed by atoms with E-state index in [9.17, 15) is 0 Å². The molecule has 0 bridgehead atoms.